The number of aryl methyl sites for hydroxylation is 1. The smallest absolute Gasteiger partial charge is 0.144 e. The van der Waals surface area contributed by atoms with Gasteiger partial charge in [0.25, 0.3) is 0 Å². The summed E-state index contributed by atoms with van der Waals surface area (Å²) in [6.45, 7) is 6.27. The summed E-state index contributed by atoms with van der Waals surface area (Å²) in [4.78, 5) is 9.26. The lowest BCUT2D eigenvalue weighted by Gasteiger charge is -2.25. The number of nitrogens with one attached hydrogen (secondary N) is 1. The lowest BCUT2D eigenvalue weighted by Crippen LogP contribution is -2.23. The molecule has 0 unspecified atom stereocenters. The van der Waals surface area contributed by atoms with E-state index in [1.54, 1.807) is 0 Å². The summed E-state index contributed by atoms with van der Waals surface area (Å²) in [5.41, 5.74) is 1.93. The maximum absolute atomic E-state index is 4.63. The van der Waals surface area contributed by atoms with Gasteiger partial charge in [0.05, 0.1) is 10.2 Å². The van der Waals surface area contributed by atoms with Crippen LogP contribution in [0.15, 0.2) is 34.8 Å². The minimum atomic E-state index is -0.224. The molecular weight excluding hydrogens is 302 g/mol. The molecule has 0 fully saturated rings. The van der Waals surface area contributed by atoms with Crippen LogP contribution in [0.4, 0.5) is 5.82 Å². The maximum Gasteiger partial charge on any atom is 0.144 e. The highest BCUT2D eigenvalue weighted by Gasteiger charge is 2.27. The summed E-state index contributed by atoms with van der Waals surface area (Å²) in [5, 5.41) is 3.10. The fourth-order valence-electron chi connectivity index (χ4n) is 1.99. The first-order chi connectivity index (χ1) is 8.96. The van der Waals surface area contributed by atoms with E-state index in [1.165, 1.54) is 5.56 Å². The number of hydrogen-bond donors (Lipinski definition) is 1. The average Bonchev–Trinajstić information content (AvgIpc) is 2.42. The quantitative estimate of drug-likeness (QED) is 0.931. The van der Waals surface area contributed by atoms with Gasteiger partial charge in [0.15, 0.2) is 0 Å². The van der Waals surface area contributed by atoms with Crippen LogP contribution in [0.25, 0.3) is 0 Å². The molecule has 0 bridgehead atoms. The van der Waals surface area contributed by atoms with E-state index in [0.717, 1.165) is 21.8 Å². The van der Waals surface area contributed by atoms with Gasteiger partial charge in [-0.1, -0.05) is 30.3 Å². The third-order valence-electron chi connectivity index (χ3n) is 3.31. The van der Waals surface area contributed by atoms with Crippen molar-refractivity contribution in [1.82, 2.24) is 9.97 Å². The zero-order chi connectivity index (χ0) is 14.0. The van der Waals surface area contributed by atoms with E-state index in [-0.39, 0.29) is 5.41 Å². The van der Waals surface area contributed by atoms with Crippen LogP contribution in [0.2, 0.25) is 0 Å². The molecule has 0 radical (unpaired) electrons. The molecule has 19 heavy (non-hydrogen) atoms. The number of nitrogens with zero attached hydrogens (tertiary/aromatic N) is 2. The Balaban J connectivity index is 2.55. The zero-order valence-corrected chi connectivity index (χ0v) is 13.2. The Morgan fingerprint density at radius 1 is 1.11 bits per heavy atom. The zero-order valence-electron chi connectivity index (χ0n) is 11.7. The van der Waals surface area contributed by atoms with Gasteiger partial charge in [0.2, 0.25) is 0 Å². The number of halogens is 1. The third kappa shape index (κ3) is 2.63. The van der Waals surface area contributed by atoms with Gasteiger partial charge in [0, 0.05) is 12.5 Å². The van der Waals surface area contributed by atoms with Crippen LogP contribution < -0.4 is 5.32 Å². The molecule has 0 amide bonds. The Bertz CT molecular complexity index is 579. The molecular formula is C15H18BrN3. The molecule has 2 aromatic rings. The van der Waals surface area contributed by atoms with Crippen molar-refractivity contribution >= 4 is 21.7 Å². The van der Waals surface area contributed by atoms with Crippen molar-refractivity contribution in [2.75, 3.05) is 12.4 Å². The van der Waals surface area contributed by atoms with Crippen molar-refractivity contribution in [1.29, 1.82) is 0 Å². The van der Waals surface area contributed by atoms with Crippen LogP contribution in [-0.2, 0) is 5.41 Å². The summed E-state index contributed by atoms with van der Waals surface area (Å²) in [6.07, 6.45) is 0. The van der Waals surface area contributed by atoms with E-state index in [2.05, 4.69) is 57.2 Å². The summed E-state index contributed by atoms with van der Waals surface area (Å²) < 4.78 is 0.919. The predicted octanol–water partition coefficient (Wildman–Crippen LogP) is 3.92. The van der Waals surface area contributed by atoms with Crippen molar-refractivity contribution in [3.8, 4) is 0 Å². The third-order valence-corrected chi connectivity index (χ3v) is 4.26. The monoisotopic (exact) mass is 319 g/mol. The van der Waals surface area contributed by atoms with Crippen molar-refractivity contribution in [3.63, 3.8) is 0 Å². The molecule has 4 heteroatoms. The van der Waals surface area contributed by atoms with Gasteiger partial charge < -0.3 is 5.32 Å². The van der Waals surface area contributed by atoms with E-state index in [4.69, 9.17) is 0 Å². The molecule has 0 atom stereocenters. The number of hydrogen-bond acceptors (Lipinski definition) is 3. The molecule has 3 nitrogen and oxygen atoms in total. The van der Waals surface area contributed by atoms with Crippen LogP contribution in [0.3, 0.4) is 0 Å². The number of aromatic nitrogens is 2. The minimum Gasteiger partial charge on any atom is -0.372 e. The summed E-state index contributed by atoms with van der Waals surface area (Å²) in [6, 6.07) is 10.3. The number of benzene rings is 1. The highest BCUT2D eigenvalue weighted by molar-refractivity contribution is 9.10. The first-order valence-electron chi connectivity index (χ1n) is 6.24. The molecule has 0 saturated heterocycles. The first kappa shape index (κ1) is 14.0. The van der Waals surface area contributed by atoms with Crippen molar-refractivity contribution < 1.29 is 0 Å². The van der Waals surface area contributed by atoms with Crippen molar-refractivity contribution in [2.45, 2.75) is 26.2 Å². The van der Waals surface area contributed by atoms with Gasteiger partial charge in [-0.2, -0.15) is 0 Å². The number of anilines is 1. The molecule has 0 spiro atoms. The van der Waals surface area contributed by atoms with Crippen LogP contribution in [0.5, 0.6) is 0 Å². The molecule has 2 rings (SSSR count). The standard InChI is InChI=1S/C15H18BrN3/c1-10-12(16)13(17-4)19-14(18-10)15(2,3)11-8-6-5-7-9-11/h5-9H,1-4H3,(H,17,18,19). The Morgan fingerprint density at radius 3 is 2.32 bits per heavy atom. The summed E-state index contributed by atoms with van der Waals surface area (Å²) >= 11 is 3.51. The summed E-state index contributed by atoms with van der Waals surface area (Å²) in [7, 11) is 1.87. The van der Waals surface area contributed by atoms with Gasteiger partial charge in [0.1, 0.15) is 11.6 Å². The topological polar surface area (TPSA) is 37.8 Å². The minimum absolute atomic E-state index is 0.224. The summed E-state index contributed by atoms with van der Waals surface area (Å²) in [5.74, 6) is 1.65. The van der Waals surface area contributed by atoms with Crippen LogP contribution in [0.1, 0.15) is 30.9 Å². The lowest BCUT2D eigenvalue weighted by molar-refractivity contribution is 0.587. The van der Waals surface area contributed by atoms with Crippen molar-refractivity contribution in [3.05, 3.63) is 51.9 Å². The van der Waals surface area contributed by atoms with Crippen LogP contribution >= 0.6 is 15.9 Å². The highest BCUT2D eigenvalue weighted by atomic mass is 79.9. The normalized spacial score (nSPS) is 11.4. The van der Waals surface area contributed by atoms with E-state index in [9.17, 15) is 0 Å². The second-order valence-corrected chi connectivity index (χ2v) is 5.83. The Morgan fingerprint density at radius 2 is 1.74 bits per heavy atom. The molecule has 0 saturated carbocycles. The van der Waals surface area contributed by atoms with Gasteiger partial charge >= 0.3 is 0 Å². The van der Waals surface area contributed by atoms with Crippen LogP contribution in [-0.4, -0.2) is 17.0 Å². The Labute approximate surface area is 122 Å². The second kappa shape index (κ2) is 5.29. The molecule has 1 aromatic carbocycles. The maximum atomic E-state index is 4.63. The van der Waals surface area contributed by atoms with Crippen LogP contribution in [0, 0.1) is 6.92 Å². The molecule has 0 aliphatic rings. The van der Waals surface area contributed by atoms with Gasteiger partial charge in [-0.15, -0.1) is 0 Å². The van der Waals surface area contributed by atoms with E-state index < -0.39 is 0 Å². The van der Waals surface area contributed by atoms with Gasteiger partial charge in [-0.3, -0.25) is 0 Å². The number of rotatable bonds is 3. The van der Waals surface area contributed by atoms with Gasteiger partial charge in [-0.05, 0) is 42.3 Å². The lowest BCUT2D eigenvalue weighted by atomic mass is 9.83. The first-order valence-corrected chi connectivity index (χ1v) is 7.04. The van der Waals surface area contributed by atoms with E-state index >= 15 is 0 Å². The van der Waals surface area contributed by atoms with Gasteiger partial charge in [-0.25, -0.2) is 9.97 Å². The SMILES string of the molecule is CNc1nc(C(C)(C)c2ccccc2)nc(C)c1Br. The Kier molecular flexibility index (Phi) is 3.90. The molecule has 1 heterocycles. The molecule has 0 aliphatic heterocycles. The molecule has 1 N–H and O–H groups in total. The average molecular weight is 320 g/mol. The largest absolute Gasteiger partial charge is 0.372 e. The Hall–Kier alpha value is -1.42. The second-order valence-electron chi connectivity index (χ2n) is 5.04. The van der Waals surface area contributed by atoms with E-state index in [0.29, 0.717) is 0 Å². The fourth-order valence-corrected chi connectivity index (χ4v) is 2.36. The van der Waals surface area contributed by atoms with Crippen molar-refractivity contribution in [2.24, 2.45) is 0 Å². The molecule has 0 aliphatic carbocycles. The highest BCUT2D eigenvalue weighted by Crippen LogP contribution is 2.32. The fraction of sp³-hybridized carbons (Fsp3) is 0.333. The molecule has 100 valence electrons. The van der Waals surface area contributed by atoms with E-state index in [1.807, 2.05) is 32.2 Å². The molecule has 1 aromatic heterocycles. The predicted molar refractivity (Wildman–Crippen MR) is 82.6 cm³/mol.